The van der Waals surface area contributed by atoms with E-state index < -0.39 is 5.91 Å². The van der Waals surface area contributed by atoms with Crippen molar-refractivity contribution in [3.8, 4) is 6.07 Å². The molecule has 1 N–H and O–H groups in total. The first-order valence-electron chi connectivity index (χ1n) is 11.5. The van der Waals surface area contributed by atoms with Gasteiger partial charge in [-0.25, -0.2) is 0 Å². The lowest BCUT2D eigenvalue weighted by molar-refractivity contribution is -0.117. The molecule has 0 saturated carbocycles. The first kappa shape index (κ1) is 22.8. The van der Waals surface area contributed by atoms with Gasteiger partial charge in [0.25, 0.3) is 5.91 Å². The molecule has 2 saturated heterocycles. The quantitative estimate of drug-likeness (QED) is 0.520. The number of anilines is 1. The molecule has 2 aliphatic heterocycles. The number of rotatable bonds is 7. The van der Waals surface area contributed by atoms with Gasteiger partial charge in [-0.3, -0.25) is 9.59 Å². The molecule has 3 heterocycles. The van der Waals surface area contributed by atoms with Crippen molar-refractivity contribution in [1.82, 2.24) is 9.88 Å². The summed E-state index contributed by atoms with van der Waals surface area (Å²) < 4.78 is 7.96. The number of carbonyl (C=O) groups excluding carboxylic acids is 2. The Bertz CT molecular complexity index is 1100. The van der Waals surface area contributed by atoms with Crippen molar-refractivity contribution >= 4 is 23.6 Å². The van der Waals surface area contributed by atoms with E-state index >= 15 is 0 Å². The average molecular weight is 447 g/mol. The second-order valence-electron chi connectivity index (χ2n) is 8.74. The van der Waals surface area contributed by atoms with Crippen LogP contribution in [0.15, 0.2) is 35.9 Å². The Morgan fingerprint density at radius 3 is 2.70 bits per heavy atom. The van der Waals surface area contributed by atoms with Crippen LogP contribution in [-0.4, -0.2) is 35.6 Å². The summed E-state index contributed by atoms with van der Waals surface area (Å²) >= 11 is 0. The number of nitrogens with one attached hydrogen (secondary N) is 1. The van der Waals surface area contributed by atoms with Crippen LogP contribution in [0.5, 0.6) is 0 Å². The van der Waals surface area contributed by atoms with Crippen molar-refractivity contribution in [2.24, 2.45) is 0 Å². The molecular weight excluding hydrogens is 416 g/mol. The molecule has 1 atom stereocenters. The summed E-state index contributed by atoms with van der Waals surface area (Å²) in [7, 11) is 0. The highest BCUT2D eigenvalue weighted by molar-refractivity contribution is 6.01. The smallest absolute Gasteiger partial charge is 0.262 e. The summed E-state index contributed by atoms with van der Waals surface area (Å²) in [5.41, 5.74) is 4.84. The summed E-state index contributed by atoms with van der Waals surface area (Å²) in [5, 5.41) is 12.4. The molecule has 7 heteroatoms. The van der Waals surface area contributed by atoms with Crippen molar-refractivity contribution in [1.29, 1.82) is 5.26 Å². The highest BCUT2D eigenvalue weighted by Gasteiger charge is 2.22. The Morgan fingerprint density at radius 1 is 1.27 bits per heavy atom. The van der Waals surface area contributed by atoms with Gasteiger partial charge in [0.1, 0.15) is 11.6 Å². The molecule has 7 nitrogen and oxygen atoms in total. The molecule has 4 rings (SSSR count). The maximum absolute atomic E-state index is 12.7. The Morgan fingerprint density at radius 2 is 2.06 bits per heavy atom. The molecule has 0 spiro atoms. The summed E-state index contributed by atoms with van der Waals surface area (Å²) in [6, 6.07) is 11.6. The second-order valence-corrected chi connectivity index (χ2v) is 8.74. The molecule has 33 heavy (non-hydrogen) atoms. The first-order chi connectivity index (χ1) is 16.0. The van der Waals surface area contributed by atoms with Gasteiger partial charge in [0.05, 0.1) is 6.10 Å². The van der Waals surface area contributed by atoms with Crippen molar-refractivity contribution < 1.29 is 14.3 Å². The monoisotopic (exact) mass is 446 g/mol. The molecule has 1 aromatic heterocycles. The van der Waals surface area contributed by atoms with E-state index in [4.69, 9.17) is 4.74 Å². The highest BCUT2D eigenvalue weighted by atomic mass is 16.5. The maximum Gasteiger partial charge on any atom is 0.262 e. The Balaban J connectivity index is 1.40. The number of ether oxygens (including phenoxy) is 1. The molecule has 1 aromatic carbocycles. The third-order valence-electron chi connectivity index (χ3n) is 6.46. The number of aromatic nitrogens is 1. The SMILES string of the molecule is Cc1cc(/C=C(\C#N)C(=O)NCc2ccc(N3CCCC3=O)cc2)c(C)n1CC1CCCO1. The van der Waals surface area contributed by atoms with Gasteiger partial charge in [-0.15, -0.1) is 0 Å². The minimum absolute atomic E-state index is 0.0756. The number of nitriles is 1. The zero-order valence-electron chi connectivity index (χ0n) is 19.3. The molecule has 0 radical (unpaired) electrons. The van der Waals surface area contributed by atoms with E-state index in [-0.39, 0.29) is 17.6 Å². The number of aryl methyl sites for hydroxylation is 1. The van der Waals surface area contributed by atoms with Crippen molar-refractivity contribution in [3.05, 3.63) is 58.4 Å². The van der Waals surface area contributed by atoms with E-state index in [0.717, 1.165) is 67.2 Å². The normalized spacial score (nSPS) is 18.6. The molecule has 1 unspecified atom stereocenters. The van der Waals surface area contributed by atoms with Crippen molar-refractivity contribution in [2.45, 2.75) is 58.7 Å². The zero-order chi connectivity index (χ0) is 23.4. The Kier molecular flexibility index (Phi) is 6.95. The number of hydrogen-bond acceptors (Lipinski definition) is 4. The van der Waals surface area contributed by atoms with E-state index in [1.807, 2.05) is 50.2 Å². The molecule has 2 fully saturated rings. The van der Waals surface area contributed by atoms with Crippen molar-refractivity contribution in [3.63, 3.8) is 0 Å². The number of nitrogens with zero attached hydrogens (tertiary/aromatic N) is 3. The highest BCUT2D eigenvalue weighted by Crippen LogP contribution is 2.23. The van der Waals surface area contributed by atoms with Crippen LogP contribution in [0.3, 0.4) is 0 Å². The minimum Gasteiger partial charge on any atom is -0.376 e. The molecule has 2 aromatic rings. The van der Waals surface area contributed by atoms with E-state index in [9.17, 15) is 14.9 Å². The van der Waals surface area contributed by atoms with E-state index in [0.29, 0.717) is 13.0 Å². The number of carbonyl (C=O) groups is 2. The van der Waals surface area contributed by atoms with Gasteiger partial charge in [-0.2, -0.15) is 5.26 Å². The van der Waals surface area contributed by atoms with Crippen LogP contribution < -0.4 is 10.2 Å². The fourth-order valence-corrected chi connectivity index (χ4v) is 4.54. The molecule has 0 bridgehead atoms. The lowest BCUT2D eigenvalue weighted by Crippen LogP contribution is -2.25. The van der Waals surface area contributed by atoms with E-state index in [1.54, 1.807) is 11.0 Å². The van der Waals surface area contributed by atoms with Crippen LogP contribution >= 0.6 is 0 Å². The summed E-state index contributed by atoms with van der Waals surface area (Å²) in [5.74, 6) is -0.254. The first-order valence-corrected chi connectivity index (χ1v) is 11.5. The zero-order valence-corrected chi connectivity index (χ0v) is 19.3. The summed E-state index contributed by atoms with van der Waals surface area (Å²) in [6.07, 6.45) is 5.51. The lowest BCUT2D eigenvalue weighted by Gasteiger charge is -2.16. The van der Waals surface area contributed by atoms with Crippen LogP contribution in [0.1, 0.15) is 48.2 Å². The fraction of sp³-hybridized carbons (Fsp3) is 0.423. The van der Waals surface area contributed by atoms with Gasteiger partial charge in [0.2, 0.25) is 5.91 Å². The third kappa shape index (κ3) is 5.18. The van der Waals surface area contributed by atoms with Gasteiger partial charge < -0.3 is 19.5 Å². The van der Waals surface area contributed by atoms with Gasteiger partial charge in [-0.05, 0) is 68.5 Å². The predicted molar refractivity (Wildman–Crippen MR) is 126 cm³/mol. The predicted octanol–water partition coefficient (Wildman–Crippen LogP) is 3.63. The Hall–Kier alpha value is -3.37. The fourth-order valence-electron chi connectivity index (χ4n) is 4.54. The number of hydrogen-bond donors (Lipinski definition) is 1. The Labute approximate surface area is 194 Å². The minimum atomic E-state index is -0.403. The average Bonchev–Trinajstić information content (AvgIpc) is 3.55. The topological polar surface area (TPSA) is 87.4 Å². The standard InChI is InChI=1S/C26H30N4O3/c1-18-13-21(19(2)30(18)17-24-5-4-12-33-24)14-22(15-27)26(32)28-16-20-7-9-23(10-8-20)29-11-3-6-25(29)31/h7-10,13-14,24H,3-6,11-12,16-17H2,1-2H3,(H,28,32)/b22-14+. The molecule has 172 valence electrons. The molecule has 2 amide bonds. The van der Waals surface area contributed by atoms with Crippen molar-refractivity contribution in [2.75, 3.05) is 18.1 Å². The van der Waals surface area contributed by atoms with E-state index in [1.165, 1.54) is 0 Å². The second kappa shape index (κ2) is 10.1. The van der Waals surface area contributed by atoms with Crippen LogP contribution in [0.2, 0.25) is 0 Å². The van der Waals surface area contributed by atoms with Gasteiger partial charge in [-0.1, -0.05) is 12.1 Å². The van der Waals surface area contributed by atoms with Crippen LogP contribution in [0.25, 0.3) is 6.08 Å². The summed E-state index contributed by atoms with van der Waals surface area (Å²) in [4.78, 5) is 26.3. The van der Waals surface area contributed by atoms with Crippen LogP contribution in [-0.2, 0) is 27.4 Å². The van der Waals surface area contributed by atoms with Gasteiger partial charge >= 0.3 is 0 Å². The lowest BCUT2D eigenvalue weighted by atomic mass is 10.1. The maximum atomic E-state index is 12.7. The third-order valence-corrected chi connectivity index (χ3v) is 6.46. The number of amides is 2. The molecule has 0 aliphatic carbocycles. The largest absolute Gasteiger partial charge is 0.376 e. The molecular formula is C26H30N4O3. The van der Waals surface area contributed by atoms with E-state index in [2.05, 4.69) is 9.88 Å². The molecule has 2 aliphatic rings. The van der Waals surface area contributed by atoms with Gasteiger partial charge in [0.15, 0.2) is 0 Å². The number of benzene rings is 1. The van der Waals surface area contributed by atoms with Crippen LogP contribution in [0.4, 0.5) is 5.69 Å². The van der Waals surface area contributed by atoms with Crippen LogP contribution in [0, 0.1) is 25.2 Å². The summed E-state index contributed by atoms with van der Waals surface area (Å²) in [6.45, 7) is 6.70. The van der Waals surface area contributed by atoms with Gasteiger partial charge in [0, 0.05) is 49.7 Å².